The number of carbonyl (C=O) groups excluding carboxylic acids is 1. The van der Waals surface area contributed by atoms with Crippen LogP contribution in [0.5, 0.6) is 0 Å². The summed E-state index contributed by atoms with van der Waals surface area (Å²) in [5.74, 6) is 0. The van der Waals surface area contributed by atoms with Gasteiger partial charge in [-0.2, -0.15) is 0 Å². The maximum Gasteiger partial charge on any atom is 0.248 e. The van der Waals surface area contributed by atoms with E-state index in [2.05, 4.69) is 4.99 Å². The van der Waals surface area contributed by atoms with Gasteiger partial charge in [0.05, 0.1) is 6.54 Å². The van der Waals surface area contributed by atoms with Crippen LogP contribution in [0, 0.1) is 0 Å². The first-order valence-electron chi connectivity index (χ1n) is 21.0. The quantitative estimate of drug-likeness (QED) is 0.0205. The predicted octanol–water partition coefficient (Wildman–Crippen LogP) is 16.3. The Kier molecular flexibility index (Phi) is 39.8. The summed E-state index contributed by atoms with van der Waals surface area (Å²) in [6.45, 7) is 0.861. The summed E-state index contributed by atoms with van der Waals surface area (Å²) in [4.78, 5) is 13.6. The zero-order valence-corrected chi connectivity index (χ0v) is 33.7. The second-order valence-corrected chi connectivity index (χ2v) is 23.1. The van der Waals surface area contributed by atoms with Gasteiger partial charge in [-0.05, 0) is 19.0 Å². The molecule has 0 saturated heterocycles. The molecule has 0 radical (unpaired) electrons. The SMILES string of the molecule is C[Si](Cl)(Cl)CCCCCCCCCCCCCCCCCCCCCCCCCCCCCCCCCCCCCCCN=C=O. The Morgan fingerprint density at radius 2 is 0.522 bits per heavy atom. The third kappa shape index (κ3) is 44.2. The largest absolute Gasteiger partial charge is 0.248 e. The topological polar surface area (TPSA) is 29.4 Å². The van der Waals surface area contributed by atoms with E-state index in [0.29, 0.717) is 6.54 Å². The first kappa shape index (κ1) is 46.2. The normalized spacial score (nSPS) is 11.7. The maximum atomic E-state index is 10.0. The van der Waals surface area contributed by atoms with Gasteiger partial charge in [-0.15, -0.1) is 22.2 Å². The lowest BCUT2D eigenvalue weighted by molar-refractivity contribution is 0.510. The summed E-state index contributed by atoms with van der Waals surface area (Å²) in [6.07, 6.45) is 54.0. The summed E-state index contributed by atoms with van der Waals surface area (Å²) in [7, 11) is 0. The van der Waals surface area contributed by atoms with Crippen molar-refractivity contribution in [1.82, 2.24) is 0 Å². The highest BCUT2D eigenvalue weighted by Crippen LogP contribution is 2.23. The Bertz CT molecular complexity index is 620. The van der Waals surface area contributed by atoms with Gasteiger partial charge in [-0.3, -0.25) is 0 Å². The van der Waals surface area contributed by atoms with Gasteiger partial charge in [0, 0.05) is 0 Å². The van der Waals surface area contributed by atoms with Crippen molar-refractivity contribution >= 4 is 34.9 Å². The Morgan fingerprint density at radius 1 is 0.348 bits per heavy atom. The molecule has 0 rings (SSSR count). The summed E-state index contributed by atoms with van der Waals surface area (Å²) < 4.78 is 0. The fourth-order valence-electron chi connectivity index (χ4n) is 6.86. The van der Waals surface area contributed by atoms with Crippen molar-refractivity contribution in [3.8, 4) is 0 Å². The van der Waals surface area contributed by atoms with Gasteiger partial charge in [0.25, 0.3) is 0 Å². The zero-order chi connectivity index (χ0) is 33.5. The Hall–Kier alpha value is 0.177. The van der Waals surface area contributed by atoms with Crippen LogP contribution in [-0.4, -0.2) is 19.3 Å². The van der Waals surface area contributed by atoms with Crippen LogP contribution in [0.4, 0.5) is 0 Å². The van der Waals surface area contributed by atoms with Gasteiger partial charge in [-0.25, -0.2) is 9.79 Å². The Labute approximate surface area is 300 Å². The molecule has 0 fully saturated rings. The van der Waals surface area contributed by atoms with Crippen molar-refractivity contribution in [1.29, 1.82) is 0 Å². The van der Waals surface area contributed by atoms with Gasteiger partial charge >= 0.3 is 0 Å². The summed E-state index contributed by atoms with van der Waals surface area (Å²) >= 11 is 12.3. The van der Waals surface area contributed by atoms with Gasteiger partial charge in [0.1, 0.15) is 0 Å². The number of rotatable bonds is 40. The minimum Gasteiger partial charge on any atom is -0.211 e. The molecule has 0 aromatic carbocycles. The van der Waals surface area contributed by atoms with E-state index < -0.39 is 6.69 Å². The van der Waals surface area contributed by atoms with Crippen LogP contribution < -0.4 is 0 Å². The molecule has 0 atom stereocenters. The van der Waals surface area contributed by atoms with E-state index in [-0.39, 0.29) is 0 Å². The molecule has 274 valence electrons. The number of isocyanates is 1. The molecule has 5 heteroatoms. The molecule has 0 spiro atoms. The first-order valence-corrected chi connectivity index (χ1v) is 25.7. The fourth-order valence-corrected chi connectivity index (χ4v) is 8.53. The zero-order valence-electron chi connectivity index (χ0n) is 31.2. The molecule has 2 nitrogen and oxygen atoms in total. The molecule has 0 aliphatic heterocycles. The molecule has 0 bridgehead atoms. The molecule has 0 aromatic rings. The van der Waals surface area contributed by atoms with Crippen molar-refractivity contribution in [2.24, 2.45) is 4.99 Å². The average Bonchev–Trinajstić information content (AvgIpc) is 3.03. The second-order valence-electron chi connectivity index (χ2n) is 14.9. The minimum absolute atomic E-state index is 0.667. The van der Waals surface area contributed by atoms with Crippen LogP contribution >= 0.6 is 22.2 Å². The number of aliphatic imine (C=N–C) groups is 1. The molecule has 0 unspecified atom stereocenters. The van der Waals surface area contributed by atoms with Gasteiger partial charge < -0.3 is 0 Å². The predicted molar refractivity (Wildman–Crippen MR) is 212 cm³/mol. The first-order chi connectivity index (χ1) is 22.6. The lowest BCUT2D eigenvalue weighted by Crippen LogP contribution is -2.11. The van der Waals surface area contributed by atoms with Crippen LogP contribution in [-0.2, 0) is 4.79 Å². The molecule has 46 heavy (non-hydrogen) atoms. The van der Waals surface area contributed by atoms with Crippen LogP contribution in [0.3, 0.4) is 0 Å². The number of nitrogens with zero attached hydrogens (tertiary/aromatic N) is 1. The van der Waals surface area contributed by atoms with Gasteiger partial charge in [-0.1, -0.05) is 231 Å². The van der Waals surface area contributed by atoms with Crippen molar-refractivity contribution in [3.63, 3.8) is 0 Å². The van der Waals surface area contributed by atoms with E-state index in [0.717, 1.165) is 12.5 Å². The molecule has 0 amide bonds. The number of halogens is 2. The monoisotopic (exact) mass is 702 g/mol. The van der Waals surface area contributed by atoms with E-state index in [1.165, 1.54) is 231 Å². The molecule has 0 N–H and O–H groups in total. The van der Waals surface area contributed by atoms with Gasteiger partial charge in [0.2, 0.25) is 12.8 Å². The smallest absolute Gasteiger partial charge is 0.211 e. The van der Waals surface area contributed by atoms with Gasteiger partial charge in [0.15, 0.2) is 0 Å². The molecular formula is C41H81Cl2NOSi. The summed E-state index contributed by atoms with van der Waals surface area (Å²) in [6, 6.07) is 1.06. The molecular weight excluding hydrogens is 621 g/mol. The number of hydrogen-bond acceptors (Lipinski definition) is 2. The van der Waals surface area contributed by atoms with Crippen LogP contribution in [0.25, 0.3) is 0 Å². The molecule has 0 heterocycles. The fraction of sp³-hybridized carbons (Fsp3) is 0.976. The molecule has 0 aromatic heterocycles. The lowest BCUT2D eigenvalue weighted by Gasteiger charge is -2.09. The summed E-state index contributed by atoms with van der Waals surface area (Å²) in [5, 5.41) is 0. The molecule has 0 saturated carbocycles. The highest BCUT2D eigenvalue weighted by Gasteiger charge is 2.19. The van der Waals surface area contributed by atoms with Crippen molar-refractivity contribution in [2.45, 2.75) is 250 Å². The van der Waals surface area contributed by atoms with E-state index in [4.69, 9.17) is 22.2 Å². The van der Waals surface area contributed by atoms with Crippen molar-refractivity contribution in [3.05, 3.63) is 0 Å². The van der Waals surface area contributed by atoms with Crippen LogP contribution in [0.1, 0.15) is 238 Å². The number of hydrogen-bond donors (Lipinski definition) is 0. The third-order valence-electron chi connectivity index (χ3n) is 9.95. The van der Waals surface area contributed by atoms with Crippen molar-refractivity contribution < 1.29 is 4.79 Å². The maximum absolute atomic E-state index is 10.0. The minimum atomic E-state index is -1.85. The number of unbranched alkanes of at least 4 members (excludes halogenated alkanes) is 36. The lowest BCUT2D eigenvalue weighted by atomic mass is 10.0. The Morgan fingerprint density at radius 3 is 0.696 bits per heavy atom. The van der Waals surface area contributed by atoms with E-state index in [1.807, 2.05) is 6.55 Å². The van der Waals surface area contributed by atoms with E-state index in [1.54, 1.807) is 6.08 Å². The second kappa shape index (κ2) is 39.6. The highest BCUT2D eigenvalue weighted by atomic mass is 35.7. The highest BCUT2D eigenvalue weighted by molar-refractivity contribution is 7.44. The average molecular weight is 703 g/mol. The molecule has 0 aliphatic carbocycles. The third-order valence-corrected chi connectivity index (χ3v) is 12.3. The van der Waals surface area contributed by atoms with Crippen molar-refractivity contribution in [2.75, 3.05) is 6.54 Å². The van der Waals surface area contributed by atoms with Crippen LogP contribution in [0.15, 0.2) is 4.99 Å². The van der Waals surface area contributed by atoms with E-state index in [9.17, 15) is 4.79 Å². The Balaban J connectivity index is 3.06. The molecule has 0 aliphatic rings. The van der Waals surface area contributed by atoms with Crippen LogP contribution in [0.2, 0.25) is 12.6 Å². The summed E-state index contributed by atoms with van der Waals surface area (Å²) in [5.41, 5.74) is 0. The van der Waals surface area contributed by atoms with E-state index >= 15 is 0 Å². The standard InChI is InChI=1S/C41H81Cl2NOSi/c1-46(42,43)40-38-36-34-32-30-28-26-24-22-20-18-16-14-12-10-8-6-4-2-3-5-7-9-11-13-15-17-19-21-23-25-27-29-31-33-35-37-39-44-41-45/h2-40H2,1H3.